The topological polar surface area (TPSA) is 41.6 Å². The molecule has 4 heteroatoms. The van der Waals surface area contributed by atoms with Crippen molar-refractivity contribution in [1.29, 1.82) is 5.26 Å². The van der Waals surface area contributed by atoms with E-state index in [-0.39, 0.29) is 6.04 Å². The Morgan fingerprint density at radius 1 is 1.58 bits per heavy atom. The van der Waals surface area contributed by atoms with Gasteiger partial charge in [-0.2, -0.15) is 10.4 Å². The van der Waals surface area contributed by atoms with Crippen LogP contribution >= 0.6 is 15.9 Å². The van der Waals surface area contributed by atoms with E-state index in [0.717, 1.165) is 10.2 Å². The first-order valence-electron chi connectivity index (χ1n) is 3.72. The second-order valence-corrected chi connectivity index (χ2v) is 3.69. The molecule has 0 aliphatic rings. The summed E-state index contributed by atoms with van der Waals surface area (Å²) in [7, 11) is 0. The quantitative estimate of drug-likeness (QED) is 0.740. The highest BCUT2D eigenvalue weighted by atomic mass is 79.9. The van der Waals surface area contributed by atoms with Gasteiger partial charge in [-0.3, -0.25) is 4.68 Å². The monoisotopic (exact) mass is 227 g/mol. The summed E-state index contributed by atoms with van der Waals surface area (Å²) in [5.74, 6) is 0. The molecule has 64 valence electrons. The summed E-state index contributed by atoms with van der Waals surface area (Å²) in [4.78, 5) is 0. The van der Waals surface area contributed by atoms with Gasteiger partial charge in [0, 0.05) is 6.04 Å². The van der Waals surface area contributed by atoms with Crippen molar-refractivity contribution in [2.45, 2.75) is 26.8 Å². The van der Waals surface area contributed by atoms with Gasteiger partial charge in [-0.1, -0.05) is 0 Å². The van der Waals surface area contributed by atoms with Crippen LogP contribution in [0.3, 0.4) is 0 Å². The van der Waals surface area contributed by atoms with E-state index >= 15 is 0 Å². The van der Waals surface area contributed by atoms with Gasteiger partial charge in [0.05, 0.1) is 10.2 Å². The summed E-state index contributed by atoms with van der Waals surface area (Å²) >= 11 is 3.32. The molecule has 0 bridgehead atoms. The predicted octanol–water partition coefficient (Wildman–Crippen LogP) is 2.41. The van der Waals surface area contributed by atoms with E-state index in [2.05, 4.69) is 27.1 Å². The van der Waals surface area contributed by atoms with Crippen molar-refractivity contribution < 1.29 is 0 Å². The van der Waals surface area contributed by atoms with E-state index < -0.39 is 0 Å². The molecule has 1 rings (SSSR count). The van der Waals surface area contributed by atoms with Crippen molar-refractivity contribution in [3.05, 3.63) is 15.9 Å². The number of aromatic nitrogens is 2. The Hall–Kier alpha value is -0.820. The third kappa shape index (κ3) is 1.37. The summed E-state index contributed by atoms with van der Waals surface area (Å²) in [5, 5.41) is 13.0. The lowest BCUT2D eigenvalue weighted by atomic mass is 10.3. The average Bonchev–Trinajstić information content (AvgIpc) is 2.29. The number of hydrogen-bond donors (Lipinski definition) is 0. The molecule has 0 saturated heterocycles. The molecule has 1 aromatic rings. The Morgan fingerprint density at radius 2 is 2.17 bits per heavy atom. The van der Waals surface area contributed by atoms with E-state index in [1.165, 1.54) is 0 Å². The van der Waals surface area contributed by atoms with Crippen LogP contribution in [-0.4, -0.2) is 9.78 Å². The molecule has 0 radical (unpaired) electrons. The standard InChI is InChI=1S/C8H10BrN3/c1-5(2)12-7(4-10)8(9)6(3)11-12/h5H,1-3H3. The van der Waals surface area contributed by atoms with E-state index in [0.29, 0.717) is 5.69 Å². The zero-order valence-electron chi connectivity index (χ0n) is 7.30. The smallest absolute Gasteiger partial charge is 0.153 e. The lowest BCUT2D eigenvalue weighted by Gasteiger charge is -2.05. The molecule has 0 spiro atoms. The Labute approximate surface area is 80.1 Å². The molecule has 3 nitrogen and oxygen atoms in total. The van der Waals surface area contributed by atoms with E-state index in [9.17, 15) is 0 Å². The molecule has 0 aliphatic carbocycles. The highest BCUT2D eigenvalue weighted by molar-refractivity contribution is 9.10. The van der Waals surface area contributed by atoms with Crippen LogP contribution in [0.2, 0.25) is 0 Å². The molecule has 0 atom stereocenters. The van der Waals surface area contributed by atoms with Crippen molar-refractivity contribution in [2.24, 2.45) is 0 Å². The summed E-state index contributed by atoms with van der Waals surface area (Å²) in [5.41, 5.74) is 1.46. The second kappa shape index (κ2) is 3.28. The molecular weight excluding hydrogens is 218 g/mol. The van der Waals surface area contributed by atoms with Crippen molar-refractivity contribution in [3.8, 4) is 6.07 Å². The average molecular weight is 228 g/mol. The fourth-order valence-electron chi connectivity index (χ4n) is 1.00. The molecule has 0 fully saturated rings. The maximum absolute atomic E-state index is 8.82. The summed E-state index contributed by atoms with van der Waals surface area (Å²) in [6.07, 6.45) is 0. The zero-order valence-corrected chi connectivity index (χ0v) is 8.88. The number of rotatable bonds is 1. The summed E-state index contributed by atoms with van der Waals surface area (Å²) in [6, 6.07) is 2.35. The Morgan fingerprint density at radius 3 is 2.50 bits per heavy atom. The normalized spacial score (nSPS) is 10.3. The molecule has 0 N–H and O–H groups in total. The summed E-state index contributed by atoms with van der Waals surface area (Å²) in [6.45, 7) is 5.88. The van der Waals surface area contributed by atoms with Crippen molar-refractivity contribution in [2.75, 3.05) is 0 Å². The Bertz CT molecular complexity index is 333. The first-order valence-corrected chi connectivity index (χ1v) is 4.52. The maximum atomic E-state index is 8.82. The fraction of sp³-hybridized carbons (Fsp3) is 0.500. The van der Waals surface area contributed by atoms with Crippen LogP contribution in [0.15, 0.2) is 4.47 Å². The van der Waals surface area contributed by atoms with Crippen LogP contribution in [0.5, 0.6) is 0 Å². The SMILES string of the molecule is Cc1nn(C(C)C)c(C#N)c1Br. The fourth-order valence-corrected chi connectivity index (χ4v) is 1.35. The molecule has 0 aromatic carbocycles. The Kier molecular flexibility index (Phi) is 2.53. The predicted molar refractivity (Wildman–Crippen MR) is 49.8 cm³/mol. The minimum absolute atomic E-state index is 0.227. The first kappa shape index (κ1) is 9.27. The van der Waals surface area contributed by atoms with Gasteiger partial charge in [0.25, 0.3) is 0 Å². The van der Waals surface area contributed by atoms with E-state index in [1.807, 2.05) is 20.8 Å². The lowest BCUT2D eigenvalue weighted by molar-refractivity contribution is 0.523. The van der Waals surface area contributed by atoms with Crippen LogP contribution in [0, 0.1) is 18.3 Å². The zero-order chi connectivity index (χ0) is 9.30. The highest BCUT2D eigenvalue weighted by Gasteiger charge is 2.13. The van der Waals surface area contributed by atoms with Crippen LogP contribution in [0.4, 0.5) is 0 Å². The molecular formula is C8H10BrN3. The van der Waals surface area contributed by atoms with Crippen LogP contribution in [0.1, 0.15) is 31.3 Å². The number of halogens is 1. The number of hydrogen-bond acceptors (Lipinski definition) is 2. The maximum Gasteiger partial charge on any atom is 0.153 e. The summed E-state index contributed by atoms with van der Waals surface area (Å²) < 4.78 is 2.53. The molecule has 0 aliphatic heterocycles. The van der Waals surface area contributed by atoms with Crippen LogP contribution in [0.25, 0.3) is 0 Å². The lowest BCUT2D eigenvalue weighted by Crippen LogP contribution is -2.05. The van der Waals surface area contributed by atoms with Gasteiger partial charge in [0.15, 0.2) is 5.69 Å². The number of nitrogens with zero attached hydrogens (tertiary/aromatic N) is 3. The molecule has 1 heterocycles. The van der Waals surface area contributed by atoms with Crippen molar-refractivity contribution >= 4 is 15.9 Å². The number of nitriles is 1. The molecule has 12 heavy (non-hydrogen) atoms. The van der Waals surface area contributed by atoms with Crippen molar-refractivity contribution in [3.63, 3.8) is 0 Å². The van der Waals surface area contributed by atoms with Crippen LogP contribution < -0.4 is 0 Å². The van der Waals surface area contributed by atoms with Gasteiger partial charge in [-0.15, -0.1) is 0 Å². The van der Waals surface area contributed by atoms with Gasteiger partial charge in [-0.05, 0) is 36.7 Å². The minimum atomic E-state index is 0.227. The van der Waals surface area contributed by atoms with Gasteiger partial charge < -0.3 is 0 Å². The second-order valence-electron chi connectivity index (χ2n) is 2.90. The third-order valence-corrected chi connectivity index (χ3v) is 2.56. The van der Waals surface area contributed by atoms with Crippen molar-refractivity contribution in [1.82, 2.24) is 9.78 Å². The highest BCUT2D eigenvalue weighted by Crippen LogP contribution is 2.22. The van der Waals surface area contributed by atoms with Gasteiger partial charge in [-0.25, -0.2) is 0 Å². The largest absolute Gasteiger partial charge is 0.251 e. The van der Waals surface area contributed by atoms with Gasteiger partial charge in [0.1, 0.15) is 6.07 Å². The Balaban J connectivity index is 3.32. The minimum Gasteiger partial charge on any atom is -0.251 e. The first-order chi connectivity index (χ1) is 5.57. The van der Waals surface area contributed by atoms with Gasteiger partial charge >= 0.3 is 0 Å². The third-order valence-electron chi connectivity index (χ3n) is 1.61. The van der Waals surface area contributed by atoms with Gasteiger partial charge in [0.2, 0.25) is 0 Å². The molecule has 0 unspecified atom stereocenters. The molecule has 1 aromatic heterocycles. The van der Waals surface area contributed by atoms with Crippen LogP contribution in [-0.2, 0) is 0 Å². The molecule has 0 saturated carbocycles. The van der Waals surface area contributed by atoms with E-state index in [1.54, 1.807) is 4.68 Å². The molecule has 0 amide bonds. The van der Waals surface area contributed by atoms with E-state index in [4.69, 9.17) is 5.26 Å². The number of aryl methyl sites for hydroxylation is 1.